The summed E-state index contributed by atoms with van der Waals surface area (Å²) in [6.45, 7) is 8.88. The third-order valence-electron chi connectivity index (χ3n) is 5.19. The second-order valence-electron chi connectivity index (χ2n) is 6.81. The standard InChI is InChI=1S/C16H31N3/c1-2-3-10-18(12-14-5-4-9-17-14)16-8-11-19(13-16)15-6-7-15/h14-17H,2-13H2,1H3. The molecule has 2 atom stereocenters. The van der Waals surface area contributed by atoms with E-state index in [1.54, 1.807) is 0 Å². The van der Waals surface area contributed by atoms with E-state index in [0.29, 0.717) is 0 Å². The monoisotopic (exact) mass is 265 g/mol. The zero-order chi connectivity index (χ0) is 13.1. The summed E-state index contributed by atoms with van der Waals surface area (Å²) in [6.07, 6.45) is 9.80. The second kappa shape index (κ2) is 6.55. The first-order chi connectivity index (χ1) is 9.36. The Kier molecular flexibility index (Phi) is 4.78. The maximum Gasteiger partial charge on any atom is 0.0236 e. The van der Waals surface area contributed by atoms with Gasteiger partial charge in [-0.3, -0.25) is 9.80 Å². The van der Waals surface area contributed by atoms with Crippen LogP contribution in [-0.4, -0.2) is 60.6 Å². The van der Waals surface area contributed by atoms with E-state index in [9.17, 15) is 0 Å². The van der Waals surface area contributed by atoms with Crippen molar-refractivity contribution in [1.29, 1.82) is 0 Å². The highest BCUT2D eigenvalue weighted by atomic mass is 15.3. The van der Waals surface area contributed by atoms with Crippen molar-refractivity contribution in [3.8, 4) is 0 Å². The average molecular weight is 265 g/mol. The van der Waals surface area contributed by atoms with Gasteiger partial charge in [0, 0.05) is 37.8 Å². The highest BCUT2D eigenvalue weighted by molar-refractivity contribution is 4.93. The molecule has 0 aromatic carbocycles. The number of unbranched alkanes of at least 4 members (excludes halogenated alkanes) is 1. The molecule has 0 bridgehead atoms. The Morgan fingerprint density at radius 2 is 2.11 bits per heavy atom. The van der Waals surface area contributed by atoms with Crippen LogP contribution in [0.4, 0.5) is 0 Å². The summed E-state index contributed by atoms with van der Waals surface area (Å²) in [5.41, 5.74) is 0. The van der Waals surface area contributed by atoms with Gasteiger partial charge in [-0.2, -0.15) is 0 Å². The maximum absolute atomic E-state index is 3.68. The second-order valence-corrected chi connectivity index (χ2v) is 6.81. The van der Waals surface area contributed by atoms with Crippen LogP contribution in [0.5, 0.6) is 0 Å². The predicted molar refractivity (Wildman–Crippen MR) is 80.5 cm³/mol. The molecule has 2 heterocycles. The molecule has 3 fully saturated rings. The van der Waals surface area contributed by atoms with Crippen molar-refractivity contribution in [1.82, 2.24) is 15.1 Å². The lowest BCUT2D eigenvalue weighted by Crippen LogP contribution is -2.45. The first kappa shape index (κ1) is 13.8. The van der Waals surface area contributed by atoms with Gasteiger partial charge in [0.05, 0.1) is 0 Å². The number of hydrogen-bond acceptors (Lipinski definition) is 3. The normalized spacial score (nSPS) is 32.5. The third kappa shape index (κ3) is 3.71. The fourth-order valence-corrected chi connectivity index (χ4v) is 3.82. The van der Waals surface area contributed by atoms with Crippen LogP contribution in [-0.2, 0) is 0 Å². The fraction of sp³-hybridized carbons (Fsp3) is 1.00. The van der Waals surface area contributed by atoms with Crippen molar-refractivity contribution in [2.75, 3.05) is 32.7 Å². The Morgan fingerprint density at radius 3 is 2.79 bits per heavy atom. The van der Waals surface area contributed by atoms with Crippen molar-refractivity contribution in [2.45, 2.75) is 70.0 Å². The quantitative estimate of drug-likeness (QED) is 0.760. The van der Waals surface area contributed by atoms with E-state index in [2.05, 4.69) is 22.0 Å². The SMILES string of the molecule is CCCCN(CC1CCCN1)C1CCN(C2CC2)C1. The molecule has 3 heteroatoms. The number of nitrogens with one attached hydrogen (secondary N) is 1. The van der Waals surface area contributed by atoms with E-state index >= 15 is 0 Å². The maximum atomic E-state index is 3.68. The summed E-state index contributed by atoms with van der Waals surface area (Å²) in [7, 11) is 0. The summed E-state index contributed by atoms with van der Waals surface area (Å²) < 4.78 is 0. The first-order valence-corrected chi connectivity index (χ1v) is 8.58. The van der Waals surface area contributed by atoms with Gasteiger partial charge >= 0.3 is 0 Å². The molecule has 1 N–H and O–H groups in total. The number of hydrogen-bond donors (Lipinski definition) is 1. The average Bonchev–Trinajstić information content (AvgIpc) is 2.94. The third-order valence-corrected chi connectivity index (χ3v) is 5.19. The van der Waals surface area contributed by atoms with Crippen molar-refractivity contribution in [2.24, 2.45) is 0 Å². The fourth-order valence-electron chi connectivity index (χ4n) is 3.82. The van der Waals surface area contributed by atoms with Crippen LogP contribution in [0.3, 0.4) is 0 Å². The smallest absolute Gasteiger partial charge is 0.0236 e. The first-order valence-electron chi connectivity index (χ1n) is 8.58. The molecule has 2 aliphatic heterocycles. The van der Waals surface area contributed by atoms with Crippen LogP contribution in [0.2, 0.25) is 0 Å². The van der Waals surface area contributed by atoms with Gasteiger partial charge in [-0.1, -0.05) is 13.3 Å². The zero-order valence-electron chi connectivity index (χ0n) is 12.6. The van der Waals surface area contributed by atoms with Gasteiger partial charge in [0.2, 0.25) is 0 Å². The van der Waals surface area contributed by atoms with Crippen molar-refractivity contribution >= 4 is 0 Å². The largest absolute Gasteiger partial charge is 0.313 e. The van der Waals surface area contributed by atoms with E-state index in [-0.39, 0.29) is 0 Å². The molecule has 0 radical (unpaired) electrons. The molecule has 3 rings (SSSR count). The summed E-state index contributed by atoms with van der Waals surface area (Å²) in [4.78, 5) is 5.57. The molecule has 19 heavy (non-hydrogen) atoms. The van der Waals surface area contributed by atoms with Gasteiger partial charge in [0.1, 0.15) is 0 Å². The number of nitrogens with zero attached hydrogens (tertiary/aromatic N) is 2. The van der Waals surface area contributed by atoms with Crippen molar-refractivity contribution in [3.05, 3.63) is 0 Å². The van der Waals surface area contributed by atoms with E-state index in [4.69, 9.17) is 0 Å². The molecule has 110 valence electrons. The van der Waals surface area contributed by atoms with Gasteiger partial charge in [-0.05, 0) is 51.6 Å². The lowest BCUT2D eigenvalue weighted by Gasteiger charge is -2.31. The molecular weight excluding hydrogens is 234 g/mol. The van der Waals surface area contributed by atoms with Gasteiger partial charge in [0.15, 0.2) is 0 Å². The Bertz CT molecular complexity index is 271. The molecular formula is C16H31N3. The molecule has 0 aromatic rings. The molecule has 3 nitrogen and oxygen atoms in total. The van der Waals surface area contributed by atoms with Crippen molar-refractivity contribution < 1.29 is 0 Å². The molecule has 1 saturated carbocycles. The van der Waals surface area contributed by atoms with Crippen LogP contribution in [0.1, 0.15) is 51.9 Å². The molecule has 2 unspecified atom stereocenters. The highest BCUT2D eigenvalue weighted by Crippen LogP contribution is 2.31. The van der Waals surface area contributed by atoms with Crippen LogP contribution in [0, 0.1) is 0 Å². The predicted octanol–water partition coefficient (Wildman–Crippen LogP) is 2.08. The summed E-state index contributed by atoms with van der Waals surface area (Å²) in [5.74, 6) is 0. The molecule has 3 aliphatic rings. The molecule has 2 saturated heterocycles. The summed E-state index contributed by atoms with van der Waals surface area (Å²) >= 11 is 0. The molecule has 0 aromatic heterocycles. The van der Waals surface area contributed by atoms with Gasteiger partial charge in [0.25, 0.3) is 0 Å². The van der Waals surface area contributed by atoms with E-state index in [0.717, 1.165) is 18.1 Å². The van der Waals surface area contributed by atoms with Crippen molar-refractivity contribution in [3.63, 3.8) is 0 Å². The lowest BCUT2D eigenvalue weighted by molar-refractivity contribution is 0.173. The summed E-state index contributed by atoms with van der Waals surface area (Å²) in [5, 5.41) is 3.68. The van der Waals surface area contributed by atoms with Crippen LogP contribution < -0.4 is 5.32 Å². The minimum Gasteiger partial charge on any atom is -0.313 e. The van der Waals surface area contributed by atoms with E-state index in [1.165, 1.54) is 77.7 Å². The van der Waals surface area contributed by atoms with Crippen LogP contribution in [0.25, 0.3) is 0 Å². The summed E-state index contributed by atoms with van der Waals surface area (Å²) in [6, 6.07) is 2.57. The minimum absolute atomic E-state index is 0.770. The molecule has 1 aliphatic carbocycles. The number of likely N-dealkylation sites (tertiary alicyclic amines) is 1. The van der Waals surface area contributed by atoms with Gasteiger partial charge in [-0.25, -0.2) is 0 Å². The molecule has 0 amide bonds. The Morgan fingerprint density at radius 1 is 1.21 bits per heavy atom. The molecule has 0 spiro atoms. The van der Waals surface area contributed by atoms with Crippen LogP contribution in [0.15, 0.2) is 0 Å². The van der Waals surface area contributed by atoms with E-state index < -0.39 is 0 Å². The highest BCUT2D eigenvalue weighted by Gasteiger charge is 2.36. The topological polar surface area (TPSA) is 18.5 Å². The minimum atomic E-state index is 0.770. The Labute approximate surface area is 118 Å². The number of rotatable bonds is 7. The van der Waals surface area contributed by atoms with E-state index in [1.807, 2.05) is 0 Å². The Balaban J connectivity index is 1.51. The zero-order valence-corrected chi connectivity index (χ0v) is 12.6. The van der Waals surface area contributed by atoms with Gasteiger partial charge < -0.3 is 5.32 Å². The lowest BCUT2D eigenvalue weighted by atomic mass is 10.1. The van der Waals surface area contributed by atoms with Crippen LogP contribution >= 0.6 is 0 Å². The van der Waals surface area contributed by atoms with Gasteiger partial charge in [-0.15, -0.1) is 0 Å². The Hall–Kier alpha value is -0.120.